The lowest BCUT2D eigenvalue weighted by molar-refractivity contribution is 0.206. The van der Waals surface area contributed by atoms with Crippen LogP contribution in [0.1, 0.15) is 24.1 Å². The van der Waals surface area contributed by atoms with E-state index in [9.17, 15) is 0 Å². The number of hydrogen-bond acceptors (Lipinski definition) is 5. The van der Waals surface area contributed by atoms with Crippen LogP contribution in [-0.4, -0.2) is 40.2 Å². The average Bonchev–Trinajstić information content (AvgIpc) is 2.55. The summed E-state index contributed by atoms with van der Waals surface area (Å²) in [6, 6.07) is 12.8. The lowest BCUT2D eigenvalue weighted by Crippen LogP contribution is -2.34. The molecule has 114 valence electrons. The summed E-state index contributed by atoms with van der Waals surface area (Å²) in [6.07, 6.45) is 5.65. The molecule has 1 aliphatic rings. The van der Waals surface area contributed by atoms with Gasteiger partial charge in [0, 0.05) is 32.0 Å². The second kappa shape index (κ2) is 7.13. The van der Waals surface area contributed by atoms with Gasteiger partial charge >= 0.3 is 0 Å². The molecular formula is C17H21N5. The van der Waals surface area contributed by atoms with Gasteiger partial charge in [0.1, 0.15) is 0 Å². The van der Waals surface area contributed by atoms with Crippen LogP contribution in [-0.2, 0) is 6.54 Å². The van der Waals surface area contributed by atoms with Crippen LogP contribution in [0.2, 0.25) is 0 Å². The molecule has 0 radical (unpaired) electrons. The summed E-state index contributed by atoms with van der Waals surface area (Å²) in [4.78, 5) is 15.1. The topological polar surface area (TPSA) is 67.4 Å². The first-order valence-electron chi connectivity index (χ1n) is 7.67. The Morgan fingerprint density at radius 2 is 1.95 bits per heavy atom. The van der Waals surface area contributed by atoms with Gasteiger partial charge in [-0.05, 0) is 24.5 Å². The highest BCUT2D eigenvalue weighted by Crippen LogP contribution is 2.16. The Morgan fingerprint density at radius 1 is 1.18 bits per heavy atom. The molecule has 0 atom stereocenters. The summed E-state index contributed by atoms with van der Waals surface area (Å²) >= 11 is 0. The van der Waals surface area contributed by atoms with Crippen LogP contribution in [0.15, 0.2) is 47.6 Å². The lowest BCUT2D eigenvalue weighted by atomic mass is 10.0. The number of piperidine rings is 1. The minimum absolute atomic E-state index is 0.293. The molecule has 1 fully saturated rings. The number of rotatable bonds is 4. The van der Waals surface area contributed by atoms with Gasteiger partial charge in [0.25, 0.3) is 0 Å². The van der Waals surface area contributed by atoms with Crippen molar-refractivity contribution >= 4 is 12.2 Å². The summed E-state index contributed by atoms with van der Waals surface area (Å²) in [5.41, 5.74) is 7.72. The Kier molecular flexibility index (Phi) is 4.75. The first kappa shape index (κ1) is 14.7. The number of anilines is 1. The van der Waals surface area contributed by atoms with Crippen molar-refractivity contribution in [2.75, 3.05) is 18.8 Å². The fraction of sp³-hybridized carbons (Fsp3) is 0.353. The van der Waals surface area contributed by atoms with Gasteiger partial charge in [0.05, 0.1) is 11.7 Å². The van der Waals surface area contributed by atoms with Crippen LogP contribution in [0.25, 0.3) is 0 Å². The van der Waals surface area contributed by atoms with Gasteiger partial charge in [-0.15, -0.1) is 0 Å². The van der Waals surface area contributed by atoms with Gasteiger partial charge < -0.3 is 5.73 Å². The minimum Gasteiger partial charge on any atom is -0.368 e. The molecule has 1 saturated heterocycles. The second-order valence-electron chi connectivity index (χ2n) is 5.61. The van der Waals surface area contributed by atoms with Gasteiger partial charge in [0.15, 0.2) is 0 Å². The maximum atomic E-state index is 5.57. The molecule has 0 unspecified atom stereocenters. The molecule has 1 aromatic heterocycles. The summed E-state index contributed by atoms with van der Waals surface area (Å²) in [5, 5.41) is 0. The van der Waals surface area contributed by atoms with Crippen molar-refractivity contribution in [3.05, 3.63) is 53.9 Å². The Morgan fingerprint density at radius 3 is 2.68 bits per heavy atom. The molecule has 0 amide bonds. The van der Waals surface area contributed by atoms with Gasteiger partial charge in [-0.1, -0.05) is 30.3 Å². The largest absolute Gasteiger partial charge is 0.368 e. The van der Waals surface area contributed by atoms with Crippen LogP contribution in [0.5, 0.6) is 0 Å². The van der Waals surface area contributed by atoms with Crippen molar-refractivity contribution in [2.24, 2.45) is 4.99 Å². The standard InChI is InChI=1S/C17H21N5/c18-17-19-9-6-16(21-17)12-20-15-7-10-22(11-8-15)13-14-4-2-1-3-5-14/h1-6,9,12,15H,7-8,10-11,13H2,(H2,18,19,21). The maximum Gasteiger partial charge on any atom is 0.220 e. The number of aromatic nitrogens is 2. The highest BCUT2D eigenvalue weighted by atomic mass is 15.1. The highest BCUT2D eigenvalue weighted by Gasteiger charge is 2.18. The first-order valence-corrected chi connectivity index (χ1v) is 7.67. The number of nitrogen functional groups attached to an aromatic ring is 1. The zero-order chi connectivity index (χ0) is 15.2. The molecule has 2 N–H and O–H groups in total. The molecule has 1 aromatic carbocycles. The van der Waals surface area contributed by atoms with Gasteiger partial charge in [-0.25, -0.2) is 9.97 Å². The van der Waals surface area contributed by atoms with E-state index in [1.165, 1.54) is 5.56 Å². The first-order chi connectivity index (χ1) is 10.8. The average molecular weight is 295 g/mol. The van der Waals surface area contributed by atoms with Crippen molar-refractivity contribution in [3.63, 3.8) is 0 Å². The van der Waals surface area contributed by atoms with Gasteiger partial charge in [-0.2, -0.15) is 0 Å². The summed E-state index contributed by atoms with van der Waals surface area (Å²) in [7, 11) is 0. The van der Waals surface area contributed by atoms with Crippen LogP contribution in [0.4, 0.5) is 5.95 Å². The number of benzene rings is 1. The van der Waals surface area contributed by atoms with Gasteiger partial charge in [-0.3, -0.25) is 9.89 Å². The van der Waals surface area contributed by atoms with Crippen molar-refractivity contribution in [1.82, 2.24) is 14.9 Å². The van der Waals surface area contributed by atoms with E-state index in [1.54, 1.807) is 6.20 Å². The second-order valence-corrected chi connectivity index (χ2v) is 5.61. The molecular weight excluding hydrogens is 274 g/mol. The predicted octanol–water partition coefficient (Wildman–Crippen LogP) is 2.14. The summed E-state index contributed by atoms with van der Waals surface area (Å²) in [5.74, 6) is 0.293. The molecule has 0 saturated carbocycles. The van der Waals surface area contributed by atoms with E-state index in [0.29, 0.717) is 12.0 Å². The number of likely N-dealkylation sites (tertiary alicyclic amines) is 1. The number of hydrogen-bond donors (Lipinski definition) is 1. The van der Waals surface area contributed by atoms with Crippen molar-refractivity contribution in [2.45, 2.75) is 25.4 Å². The number of aliphatic imine (C=N–C) groups is 1. The Balaban J connectivity index is 1.49. The van der Waals surface area contributed by atoms with E-state index in [0.717, 1.165) is 38.2 Å². The van der Waals surface area contributed by atoms with Crippen molar-refractivity contribution in [1.29, 1.82) is 0 Å². The van der Waals surface area contributed by atoms with E-state index in [4.69, 9.17) is 5.73 Å². The van der Waals surface area contributed by atoms with E-state index >= 15 is 0 Å². The van der Waals surface area contributed by atoms with E-state index in [2.05, 4.69) is 50.2 Å². The van der Waals surface area contributed by atoms with Crippen LogP contribution in [0.3, 0.4) is 0 Å². The maximum absolute atomic E-state index is 5.57. The Labute approximate surface area is 130 Å². The van der Waals surface area contributed by atoms with Crippen LogP contribution in [0, 0.1) is 0 Å². The molecule has 0 bridgehead atoms. The fourth-order valence-corrected chi connectivity index (χ4v) is 2.71. The molecule has 5 heteroatoms. The number of nitrogens with zero attached hydrogens (tertiary/aromatic N) is 4. The number of nitrogens with two attached hydrogens (primary N) is 1. The Bertz CT molecular complexity index is 618. The van der Waals surface area contributed by atoms with Gasteiger partial charge in [0.2, 0.25) is 5.95 Å². The lowest BCUT2D eigenvalue weighted by Gasteiger charge is -2.30. The summed E-state index contributed by atoms with van der Waals surface area (Å²) < 4.78 is 0. The predicted molar refractivity (Wildman–Crippen MR) is 88.8 cm³/mol. The molecule has 2 aromatic rings. The zero-order valence-electron chi connectivity index (χ0n) is 12.6. The summed E-state index contributed by atoms with van der Waals surface area (Å²) in [6.45, 7) is 3.20. The van der Waals surface area contributed by atoms with E-state index in [-0.39, 0.29) is 0 Å². The third-order valence-corrected chi connectivity index (χ3v) is 3.92. The van der Waals surface area contributed by atoms with E-state index < -0.39 is 0 Å². The molecule has 2 heterocycles. The molecule has 22 heavy (non-hydrogen) atoms. The normalized spacial score (nSPS) is 17.1. The quantitative estimate of drug-likeness (QED) is 0.878. The fourth-order valence-electron chi connectivity index (χ4n) is 2.71. The van der Waals surface area contributed by atoms with E-state index in [1.807, 2.05) is 12.3 Å². The zero-order valence-corrected chi connectivity index (χ0v) is 12.6. The van der Waals surface area contributed by atoms with Crippen LogP contribution < -0.4 is 5.73 Å². The third-order valence-electron chi connectivity index (χ3n) is 3.92. The van der Waals surface area contributed by atoms with Crippen molar-refractivity contribution in [3.8, 4) is 0 Å². The molecule has 0 spiro atoms. The molecule has 1 aliphatic heterocycles. The SMILES string of the molecule is Nc1nccc(C=NC2CCN(Cc3ccccc3)CC2)n1. The highest BCUT2D eigenvalue weighted by molar-refractivity contribution is 5.77. The molecule has 5 nitrogen and oxygen atoms in total. The Hall–Kier alpha value is -2.27. The molecule has 3 rings (SSSR count). The third kappa shape index (κ3) is 4.11. The minimum atomic E-state index is 0.293. The van der Waals surface area contributed by atoms with Crippen LogP contribution >= 0.6 is 0 Å². The molecule has 0 aliphatic carbocycles. The van der Waals surface area contributed by atoms with Crippen molar-refractivity contribution < 1.29 is 0 Å². The smallest absolute Gasteiger partial charge is 0.220 e. The monoisotopic (exact) mass is 295 g/mol.